The van der Waals surface area contributed by atoms with Crippen LogP contribution in [0.5, 0.6) is 0 Å². The van der Waals surface area contributed by atoms with E-state index in [4.69, 9.17) is 4.84 Å². The first-order valence-electron chi connectivity index (χ1n) is 5.03. The molecule has 1 aliphatic heterocycles. The van der Waals surface area contributed by atoms with Gasteiger partial charge in [0.15, 0.2) is 6.29 Å². The molecule has 1 atom stereocenters. The average Bonchev–Trinajstić information content (AvgIpc) is 2.69. The van der Waals surface area contributed by atoms with Crippen LogP contribution in [0.3, 0.4) is 0 Å². The standard InChI is InChI=1S/C11H12N2O3/c14-8-10-13(11(15)12-16-10)7-6-9-4-2-1-3-5-9/h1-5,8,10H,6-7H2,(H,12,15). The molecular weight excluding hydrogens is 208 g/mol. The van der Waals surface area contributed by atoms with Crippen LogP contribution < -0.4 is 5.48 Å². The molecule has 0 bridgehead atoms. The molecule has 1 N–H and O–H groups in total. The molecule has 1 unspecified atom stereocenters. The topological polar surface area (TPSA) is 58.6 Å². The van der Waals surface area contributed by atoms with E-state index in [9.17, 15) is 9.59 Å². The van der Waals surface area contributed by atoms with E-state index in [1.165, 1.54) is 4.90 Å². The SMILES string of the molecule is O=CC1ONC(=O)N1CCc1ccccc1. The number of carbonyl (C=O) groups excluding carboxylic acids is 2. The molecule has 1 heterocycles. The lowest BCUT2D eigenvalue weighted by Crippen LogP contribution is -2.36. The molecule has 1 fully saturated rings. The van der Waals surface area contributed by atoms with Gasteiger partial charge in [0.25, 0.3) is 0 Å². The fourth-order valence-corrected chi connectivity index (χ4v) is 1.57. The van der Waals surface area contributed by atoms with Crippen LogP contribution in [0.1, 0.15) is 5.56 Å². The molecule has 84 valence electrons. The number of nitrogens with one attached hydrogen (secondary N) is 1. The van der Waals surface area contributed by atoms with Crippen molar-refractivity contribution in [3.05, 3.63) is 35.9 Å². The quantitative estimate of drug-likeness (QED) is 0.760. The fourth-order valence-electron chi connectivity index (χ4n) is 1.57. The molecule has 2 rings (SSSR count). The van der Waals surface area contributed by atoms with Crippen molar-refractivity contribution < 1.29 is 14.4 Å². The second kappa shape index (κ2) is 4.76. The summed E-state index contributed by atoms with van der Waals surface area (Å²) < 4.78 is 0. The van der Waals surface area contributed by atoms with E-state index < -0.39 is 6.23 Å². The van der Waals surface area contributed by atoms with E-state index in [0.717, 1.165) is 5.56 Å². The molecule has 0 spiro atoms. The largest absolute Gasteiger partial charge is 0.343 e. The zero-order valence-corrected chi connectivity index (χ0v) is 8.63. The lowest BCUT2D eigenvalue weighted by molar-refractivity contribution is -0.124. The van der Waals surface area contributed by atoms with E-state index in [1.54, 1.807) is 0 Å². The maximum atomic E-state index is 11.3. The normalized spacial score (nSPS) is 19.6. The van der Waals surface area contributed by atoms with Gasteiger partial charge < -0.3 is 0 Å². The molecule has 1 aromatic carbocycles. The number of hydroxylamine groups is 1. The molecule has 0 aliphatic carbocycles. The Morgan fingerprint density at radius 2 is 2.12 bits per heavy atom. The van der Waals surface area contributed by atoms with Crippen LogP contribution in [-0.4, -0.2) is 30.0 Å². The summed E-state index contributed by atoms with van der Waals surface area (Å²) in [4.78, 5) is 28.0. The molecule has 16 heavy (non-hydrogen) atoms. The van der Waals surface area contributed by atoms with Crippen molar-refractivity contribution >= 4 is 12.3 Å². The molecule has 5 nitrogen and oxygen atoms in total. The number of urea groups is 1. The van der Waals surface area contributed by atoms with Crippen LogP contribution in [-0.2, 0) is 16.1 Å². The lowest BCUT2D eigenvalue weighted by atomic mass is 10.1. The van der Waals surface area contributed by atoms with Crippen LogP contribution >= 0.6 is 0 Å². The number of amides is 2. The zero-order chi connectivity index (χ0) is 11.4. The Balaban J connectivity index is 1.94. The van der Waals surface area contributed by atoms with Gasteiger partial charge in [-0.25, -0.2) is 15.1 Å². The number of rotatable bonds is 4. The van der Waals surface area contributed by atoms with Crippen LogP contribution in [0.4, 0.5) is 4.79 Å². The highest BCUT2D eigenvalue weighted by atomic mass is 16.7. The van der Waals surface area contributed by atoms with Gasteiger partial charge in [-0.2, -0.15) is 0 Å². The molecule has 0 radical (unpaired) electrons. The van der Waals surface area contributed by atoms with Crippen molar-refractivity contribution in [1.82, 2.24) is 10.4 Å². The summed E-state index contributed by atoms with van der Waals surface area (Å²) in [7, 11) is 0. The second-order valence-electron chi connectivity index (χ2n) is 3.48. The van der Waals surface area contributed by atoms with E-state index in [1.807, 2.05) is 30.3 Å². The van der Waals surface area contributed by atoms with Crippen LogP contribution in [0.15, 0.2) is 30.3 Å². The third kappa shape index (κ3) is 2.20. The number of hydrogen-bond donors (Lipinski definition) is 1. The van der Waals surface area contributed by atoms with Crippen molar-refractivity contribution in [2.45, 2.75) is 12.6 Å². The molecule has 1 saturated heterocycles. The van der Waals surface area contributed by atoms with Gasteiger partial charge in [-0.15, -0.1) is 0 Å². The first-order chi connectivity index (χ1) is 7.81. The van der Waals surface area contributed by atoms with Gasteiger partial charge in [0.05, 0.1) is 0 Å². The second-order valence-corrected chi connectivity index (χ2v) is 3.48. The van der Waals surface area contributed by atoms with Gasteiger partial charge in [0.1, 0.15) is 0 Å². The summed E-state index contributed by atoms with van der Waals surface area (Å²) in [5.41, 5.74) is 3.28. The van der Waals surface area contributed by atoms with Gasteiger partial charge in [-0.3, -0.25) is 9.69 Å². The summed E-state index contributed by atoms with van der Waals surface area (Å²) in [5, 5.41) is 0. The predicted octanol–water partition coefficient (Wildman–Crippen LogP) is 0.711. The smallest absolute Gasteiger partial charge is 0.298 e. The first kappa shape index (κ1) is 10.6. The van der Waals surface area contributed by atoms with E-state index in [2.05, 4.69) is 5.48 Å². The summed E-state index contributed by atoms with van der Waals surface area (Å²) >= 11 is 0. The molecule has 2 amide bonds. The Labute approximate surface area is 93.0 Å². The number of aldehydes is 1. The average molecular weight is 220 g/mol. The van der Waals surface area contributed by atoms with Crippen LogP contribution in [0.2, 0.25) is 0 Å². The third-order valence-electron chi connectivity index (χ3n) is 2.44. The van der Waals surface area contributed by atoms with Crippen LogP contribution in [0.25, 0.3) is 0 Å². The highest BCUT2D eigenvalue weighted by Gasteiger charge is 2.31. The Bertz CT molecular complexity index is 380. The van der Waals surface area contributed by atoms with Gasteiger partial charge in [0.2, 0.25) is 6.23 Å². The van der Waals surface area contributed by atoms with E-state index in [0.29, 0.717) is 19.3 Å². The highest BCUT2D eigenvalue weighted by molar-refractivity contribution is 5.79. The molecular formula is C11H12N2O3. The fraction of sp³-hybridized carbons (Fsp3) is 0.273. The first-order valence-corrected chi connectivity index (χ1v) is 5.03. The Kier molecular flexibility index (Phi) is 3.16. The maximum Gasteiger partial charge on any atom is 0.343 e. The lowest BCUT2D eigenvalue weighted by Gasteiger charge is -2.16. The van der Waals surface area contributed by atoms with E-state index >= 15 is 0 Å². The highest BCUT2D eigenvalue weighted by Crippen LogP contribution is 2.08. The summed E-state index contributed by atoms with van der Waals surface area (Å²) in [6.45, 7) is 0.458. The van der Waals surface area contributed by atoms with Gasteiger partial charge >= 0.3 is 6.03 Å². The van der Waals surface area contributed by atoms with Gasteiger partial charge in [-0.1, -0.05) is 30.3 Å². The third-order valence-corrected chi connectivity index (χ3v) is 2.44. The van der Waals surface area contributed by atoms with Crippen molar-refractivity contribution in [1.29, 1.82) is 0 Å². The summed E-state index contributed by atoms with van der Waals surface area (Å²) in [6, 6.07) is 9.40. The van der Waals surface area contributed by atoms with Crippen molar-refractivity contribution in [2.24, 2.45) is 0 Å². The monoisotopic (exact) mass is 220 g/mol. The minimum absolute atomic E-state index is 0.368. The number of nitrogens with zero attached hydrogens (tertiary/aromatic N) is 1. The molecule has 5 heteroatoms. The Hall–Kier alpha value is -1.88. The molecule has 1 aromatic rings. The van der Waals surface area contributed by atoms with E-state index in [-0.39, 0.29) is 6.03 Å². The minimum atomic E-state index is -0.809. The number of carbonyl (C=O) groups is 2. The Morgan fingerprint density at radius 1 is 1.38 bits per heavy atom. The minimum Gasteiger partial charge on any atom is -0.298 e. The van der Waals surface area contributed by atoms with Gasteiger partial charge in [0, 0.05) is 6.54 Å². The molecule has 1 aliphatic rings. The summed E-state index contributed by atoms with van der Waals surface area (Å²) in [6.07, 6.45) is 0.487. The summed E-state index contributed by atoms with van der Waals surface area (Å²) in [5.74, 6) is 0. The number of benzene rings is 1. The molecule has 0 saturated carbocycles. The Morgan fingerprint density at radius 3 is 2.81 bits per heavy atom. The zero-order valence-electron chi connectivity index (χ0n) is 8.63. The maximum absolute atomic E-state index is 11.3. The van der Waals surface area contributed by atoms with Crippen LogP contribution in [0, 0.1) is 0 Å². The van der Waals surface area contributed by atoms with Crippen molar-refractivity contribution in [3.8, 4) is 0 Å². The predicted molar refractivity (Wildman–Crippen MR) is 56.3 cm³/mol. The molecule has 0 aromatic heterocycles. The van der Waals surface area contributed by atoms with Crippen molar-refractivity contribution in [3.63, 3.8) is 0 Å². The van der Waals surface area contributed by atoms with Gasteiger partial charge in [-0.05, 0) is 12.0 Å². The number of hydrogen-bond acceptors (Lipinski definition) is 3. The van der Waals surface area contributed by atoms with Crippen molar-refractivity contribution in [2.75, 3.05) is 6.54 Å².